The summed E-state index contributed by atoms with van der Waals surface area (Å²) >= 11 is 7.23. The molecule has 0 fully saturated rings. The average molecular weight is 267 g/mol. The number of aromatic nitrogens is 3. The maximum absolute atomic E-state index is 5.32. The predicted molar refractivity (Wildman–Crippen MR) is 77.2 cm³/mol. The molecule has 17 heavy (non-hydrogen) atoms. The molecule has 0 spiro atoms. The van der Waals surface area contributed by atoms with Crippen LogP contribution in [0, 0.1) is 4.77 Å². The Morgan fingerprint density at radius 1 is 1.41 bits per heavy atom. The number of pyridine rings is 1. The van der Waals surface area contributed by atoms with Gasteiger partial charge < -0.3 is 9.55 Å². The van der Waals surface area contributed by atoms with Gasteiger partial charge in [0.05, 0.1) is 5.52 Å². The number of thioether (sulfide) groups is 1. The van der Waals surface area contributed by atoms with Crippen LogP contribution in [-0.4, -0.2) is 26.5 Å². The van der Waals surface area contributed by atoms with E-state index in [1.54, 1.807) is 0 Å². The molecule has 0 aliphatic carbocycles. The Kier molecular flexibility index (Phi) is 4.62. The Hall–Kier alpha value is -0.810. The fourth-order valence-corrected chi connectivity index (χ4v) is 2.67. The third kappa shape index (κ3) is 3.10. The van der Waals surface area contributed by atoms with Crippen LogP contribution in [0.5, 0.6) is 0 Å². The number of nitrogens with zero attached hydrogens (tertiary/aromatic N) is 2. The highest BCUT2D eigenvalue weighted by Crippen LogP contribution is 2.12. The number of aromatic amines is 1. The van der Waals surface area contributed by atoms with Gasteiger partial charge in [-0.1, -0.05) is 6.42 Å². The molecule has 0 saturated carbocycles. The lowest BCUT2D eigenvalue weighted by Crippen LogP contribution is -1.99. The first-order chi connectivity index (χ1) is 8.33. The lowest BCUT2D eigenvalue weighted by atomic mass is 10.2. The fourth-order valence-electron chi connectivity index (χ4n) is 1.89. The zero-order chi connectivity index (χ0) is 12.1. The van der Waals surface area contributed by atoms with Crippen molar-refractivity contribution in [2.24, 2.45) is 0 Å². The number of H-pyrrole nitrogens is 1. The van der Waals surface area contributed by atoms with Crippen molar-refractivity contribution < 1.29 is 0 Å². The van der Waals surface area contributed by atoms with Crippen LogP contribution in [0.3, 0.4) is 0 Å². The van der Waals surface area contributed by atoms with E-state index in [4.69, 9.17) is 12.2 Å². The molecule has 0 amide bonds. The van der Waals surface area contributed by atoms with Crippen molar-refractivity contribution in [3.05, 3.63) is 23.1 Å². The Bertz CT molecular complexity index is 530. The van der Waals surface area contributed by atoms with E-state index >= 15 is 0 Å². The van der Waals surface area contributed by atoms with Crippen molar-refractivity contribution in [3.63, 3.8) is 0 Å². The molecule has 0 unspecified atom stereocenters. The van der Waals surface area contributed by atoms with Gasteiger partial charge in [0, 0.05) is 12.7 Å². The second-order valence-corrected chi connectivity index (χ2v) is 5.38. The van der Waals surface area contributed by atoms with Crippen molar-refractivity contribution in [1.82, 2.24) is 14.5 Å². The second-order valence-electron chi connectivity index (χ2n) is 4.01. The van der Waals surface area contributed by atoms with E-state index in [2.05, 4.69) is 20.8 Å². The lowest BCUT2D eigenvalue weighted by molar-refractivity contribution is 0.608. The monoisotopic (exact) mass is 267 g/mol. The summed E-state index contributed by atoms with van der Waals surface area (Å²) in [5, 5.41) is 0. The molecule has 0 radical (unpaired) electrons. The van der Waals surface area contributed by atoms with E-state index in [0.29, 0.717) is 0 Å². The molecule has 0 aliphatic rings. The van der Waals surface area contributed by atoms with Gasteiger partial charge in [-0.25, -0.2) is 4.98 Å². The highest BCUT2D eigenvalue weighted by atomic mass is 32.2. The van der Waals surface area contributed by atoms with Crippen LogP contribution < -0.4 is 0 Å². The van der Waals surface area contributed by atoms with Crippen LogP contribution in [0.15, 0.2) is 18.3 Å². The Labute approximate surface area is 111 Å². The summed E-state index contributed by atoms with van der Waals surface area (Å²) < 4.78 is 2.88. The zero-order valence-electron chi connectivity index (χ0n) is 9.98. The predicted octanol–water partition coefficient (Wildman–Crippen LogP) is 3.63. The first-order valence-corrected chi connectivity index (χ1v) is 7.65. The maximum Gasteiger partial charge on any atom is 0.179 e. The lowest BCUT2D eigenvalue weighted by Gasteiger charge is -2.03. The van der Waals surface area contributed by atoms with Crippen LogP contribution in [0.1, 0.15) is 19.3 Å². The molecule has 2 rings (SSSR count). The van der Waals surface area contributed by atoms with Crippen molar-refractivity contribution in [2.45, 2.75) is 25.8 Å². The number of aryl methyl sites for hydroxylation is 1. The van der Waals surface area contributed by atoms with Crippen LogP contribution in [-0.2, 0) is 6.54 Å². The summed E-state index contributed by atoms with van der Waals surface area (Å²) in [4.78, 5) is 7.57. The number of fused-ring (bicyclic) bond motifs is 1. The van der Waals surface area contributed by atoms with Crippen LogP contribution in [0.2, 0.25) is 0 Å². The minimum absolute atomic E-state index is 0.781. The highest BCUT2D eigenvalue weighted by molar-refractivity contribution is 7.98. The van der Waals surface area contributed by atoms with E-state index in [9.17, 15) is 0 Å². The Morgan fingerprint density at radius 3 is 3.12 bits per heavy atom. The normalized spacial score (nSPS) is 11.1. The molecule has 2 aromatic heterocycles. The van der Waals surface area contributed by atoms with E-state index in [-0.39, 0.29) is 0 Å². The number of unbranched alkanes of at least 4 members (excludes halogenated alkanes) is 2. The summed E-state index contributed by atoms with van der Waals surface area (Å²) in [5.74, 6) is 1.25. The van der Waals surface area contributed by atoms with E-state index in [0.717, 1.165) is 22.5 Å². The summed E-state index contributed by atoms with van der Waals surface area (Å²) in [5.41, 5.74) is 2.00. The first kappa shape index (κ1) is 12.6. The van der Waals surface area contributed by atoms with E-state index in [1.807, 2.05) is 30.1 Å². The number of nitrogens with one attached hydrogen (secondary N) is 1. The standard InChI is InChI=1S/C12H17N3S2/c1-17-9-4-2-3-8-15-11-10(14-12(15)16)6-5-7-13-11/h5-7H,2-4,8-9H2,1H3,(H,14,16). The average Bonchev–Trinajstić information content (AvgIpc) is 2.65. The largest absolute Gasteiger partial charge is 0.329 e. The molecule has 3 nitrogen and oxygen atoms in total. The third-order valence-electron chi connectivity index (χ3n) is 2.76. The molecule has 0 atom stereocenters. The quantitative estimate of drug-likeness (QED) is 0.641. The van der Waals surface area contributed by atoms with Crippen molar-refractivity contribution in [3.8, 4) is 0 Å². The Morgan fingerprint density at radius 2 is 2.29 bits per heavy atom. The van der Waals surface area contributed by atoms with E-state index in [1.165, 1.54) is 25.0 Å². The van der Waals surface area contributed by atoms with Gasteiger partial charge in [-0.2, -0.15) is 11.8 Å². The van der Waals surface area contributed by atoms with Crippen LogP contribution in [0.25, 0.3) is 11.2 Å². The molecule has 0 aromatic carbocycles. The van der Waals surface area contributed by atoms with Gasteiger partial charge >= 0.3 is 0 Å². The van der Waals surface area contributed by atoms with Gasteiger partial charge in [0.1, 0.15) is 0 Å². The summed E-state index contributed by atoms with van der Waals surface area (Å²) in [6.07, 6.45) is 7.67. The van der Waals surface area contributed by atoms with Gasteiger partial charge in [0.2, 0.25) is 0 Å². The number of hydrogen-bond donors (Lipinski definition) is 1. The highest BCUT2D eigenvalue weighted by Gasteiger charge is 2.03. The van der Waals surface area contributed by atoms with Crippen molar-refractivity contribution in [2.75, 3.05) is 12.0 Å². The van der Waals surface area contributed by atoms with Crippen molar-refractivity contribution >= 4 is 35.1 Å². The summed E-state index contributed by atoms with van der Waals surface area (Å²) in [6.45, 7) is 0.963. The molecule has 1 N–H and O–H groups in total. The van der Waals surface area contributed by atoms with Gasteiger partial charge in [0.25, 0.3) is 0 Å². The minimum Gasteiger partial charge on any atom is -0.329 e. The molecule has 0 bridgehead atoms. The van der Waals surface area contributed by atoms with Crippen LogP contribution in [0.4, 0.5) is 0 Å². The van der Waals surface area contributed by atoms with Crippen LogP contribution >= 0.6 is 24.0 Å². The number of imidazole rings is 1. The SMILES string of the molecule is CSCCCCCn1c(=S)[nH]c2cccnc21. The molecular weight excluding hydrogens is 250 g/mol. The second kappa shape index (κ2) is 6.21. The molecule has 92 valence electrons. The van der Waals surface area contributed by atoms with Crippen molar-refractivity contribution in [1.29, 1.82) is 0 Å². The van der Waals surface area contributed by atoms with Gasteiger partial charge in [-0.15, -0.1) is 0 Å². The topological polar surface area (TPSA) is 33.6 Å². The van der Waals surface area contributed by atoms with E-state index < -0.39 is 0 Å². The number of hydrogen-bond acceptors (Lipinski definition) is 3. The molecular formula is C12H17N3S2. The Balaban J connectivity index is 2.03. The molecule has 5 heteroatoms. The van der Waals surface area contributed by atoms with Gasteiger partial charge in [-0.05, 0) is 49.2 Å². The summed E-state index contributed by atoms with van der Waals surface area (Å²) in [6, 6.07) is 3.94. The molecule has 2 aromatic rings. The van der Waals surface area contributed by atoms with Gasteiger partial charge in [0.15, 0.2) is 10.4 Å². The zero-order valence-corrected chi connectivity index (χ0v) is 11.6. The first-order valence-electron chi connectivity index (χ1n) is 5.85. The number of rotatable bonds is 6. The molecule has 0 aliphatic heterocycles. The smallest absolute Gasteiger partial charge is 0.179 e. The maximum atomic E-state index is 5.32. The minimum atomic E-state index is 0.781. The molecule has 2 heterocycles. The molecule has 0 saturated heterocycles. The fraction of sp³-hybridized carbons (Fsp3) is 0.500. The summed E-state index contributed by atoms with van der Waals surface area (Å²) in [7, 11) is 0. The third-order valence-corrected chi connectivity index (χ3v) is 3.78. The van der Waals surface area contributed by atoms with Gasteiger partial charge in [-0.3, -0.25) is 0 Å².